The van der Waals surface area contributed by atoms with E-state index in [1.807, 2.05) is 24.3 Å². The molecule has 1 aliphatic rings. The quantitative estimate of drug-likeness (QED) is 0.762. The minimum Gasteiger partial charge on any atom is -0.399 e. The molecule has 1 unspecified atom stereocenters. The average molecular weight is 218 g/mol. The third-order valence-electron chi connectivity index (χ3n) is 3.47. The molecule has 0 aromatic heterocycles. The molecule has 0 heterocycles. The molecule has 1 aromatic carbocycles. The van der Waals surface area contributed by atoms with Crippen molar-refractivity contribution in [2.75, 3.05) is 5.73 Å². The average Bonchev–Trinajstić information content (AvgIpc) is 2.74. The molecule has 3 nitrogen and oxygen atoms in total. The van der Waals surface area contributed by atoms with Crippen molar-refractivity contribution in [1.29, 1.82) is 0 Å². The number of amides is 1. The zero-order valence-electron chi connectivity index (χ0n) is 9.36. The van der Waals surface area contributed by atoms with Crippen LogP contribution in [0.3, 0.4) is 0 Å². The fourth-order valence-electron chi connectivity index (χ4n) is 2.66. The Kier molecular flexibility index (Phi) is 3.13. The third kappa shape index (κ3) is 2.18. The molecule has 16 heavy (non-hydrogen) atoms. The van der Waals surface area contributed by atoms with Gasteiger partial charge in [0, 0.05) is 5.69 Å². The Labute approximate surface area is 95.8 Å². The number of primary amides is 1. The second kappa shape index (κ2) is 4.56. The van der Waals surface area contributed by atoms with Crippen LogP contribution in [0.5, 0.6) is 0 Å². The van der Waals surface area contributed by atoms with E-state index >= 15 is 0 Å². The van der Waals surface area contributed by atoms with Gasteiger partial charge in [0.1, 0.15) is 0 Å². The molecule has 0 spiro atoms. The zero-order valence-corrected chi connectivity index (χ0v) is 9.36. The Morgan fingerprint density at radius 3 is 2.25 bits per heavy atom. The fourth-order valence-corrected chi connectivity index (χ4v) is 2.66. The highest BCUT2D eigenvalue weighted by atomic mass is 16.1. The first-order valence-corrected chi connectivity index (χ1v) is 5.83. The van der Waals surface area contributed by atoms with Crippen molar-refractivity contribution in [3.05, 3.63) is 29.8 Å². The number of hydrogen-bond acceptors (Lipinski definition) is 2. The summed E-state index contributed by atoms with van der Waals surface area (Å²) in [6.07, 6.45) is 4.64. The number of rotatable bonds is 3. The molecule has 0 radical (unpaired) electrons. The lowest BCUT2D eigenvalue weighted by molar-refractivity contribution is -0.120. The monoisotopic (exact) mass is 218 g/mol. The molecule has 1 amide bonds. The van der Waals surface area contributed by atoms with E-state index in [1.165, 1.54) is 12.8 Å². The first kappa shape index (κ1) is 11.0. The lowest BCUT2D eigenvalue weighted by Gasteiger charge is -2.20. The molecule has 1 aliphatic carbocycles. The van der Waals surface area contributed by atoms with Crippen LogP contribution >= 0.6 is 0 Å². The predicted octanol–water partition coefficient (Wildman–Crippen LogP) is 2.03. The van der Waals surface area contributed by atoms with Gasteiger partial charge in [0.2, 0.25) is 5.91 Å². The van der Waals surface area contributed by atoms with Gasteiger partial charge in [0.05, 0.1) is 5.92 Å². The van der Waals surface area contributed by atoms with Crippen LogP contribution in [0.4, 0.5) is 5.69 Å². The maximum Gasteiger partial charge on any atom is 0.225 e. The van der Waals surface area contributed by atoms with E-state index in [0.29, 0.717) is 5.92 Å². The number of nitrogen functional groups attached to an aromatic ring is 1. The molecule has 0 saturated heterocycles. The lowest BCUT2D eigenvalue weighted by Crippen LogP contribution is -2.26. The van der Waals surface area contributed by atoms with Gasteiger partial charge in [-0.3, -0.25) is 4.79 Å². The second-order valence-corrected chi connectivity index (χ2v) is 4.59. The Hall–Kier alpha value is -1.51. The number of hydrogen-bond donors (Lipinski definition) is 2. The van der Waals surface area contributed by atoms with Crippen LogP contribution in [-0.2, 0) is 4.79 Å². The van der Waals surface area contributed by atoms with E-state index in [2.05, 4.69) is 0 Å². The van der Waals surface area contributed by atoms with E-state index in [9.17, 15) is 4.79 Å². The van der Waals surface area contributed by atoms with Gasteiger partial charge < -0.3 is 11.5 Å². The van der Waals surface area contributed by atoms with Gasteiger partial charge in [0.15, 0.2) is 0 Å². The van der Waals surface area contributed by atoms with Gasteiger partial charge in [-0.1, -0.05) is 25.0 Å². The number of benzene rings is 1. The maximum absolute atomic E-state index is 11.6. The third-order valence-corrected chi connectivity index (χ3v) is 3.47. The molecule has 0 bridgehead atoms. The zero-order chi connectivity index (χ0) is 11.5. The molecule has 1 saturated carbocycles. The van der Waals surface area contributed by atoms with Gasteiger partial charge in [-0.25, -0.2) is 0 Å². The van der Waals surface area contributed by atoms with Crippen LogP contribution in [0.1, 0.15) is 37.2 Å². The summed E-state index contributed by atoms with van der Waals surface area (Å²) < 4.78 is 0. The Morgan fingerprint density at radius 1 is 1.19 bits per heavy atom. The van der Waals surface area contributed by atoms with E-state index in [0.717, 1.165) is 24.1 Å². The van der Waals surface area contributed by atoms with Crippen LogP contribution in [0.2, 0.25) is 0 Å². The molecule has 86 valence electrons. The molecular weight excluding hydrogens is 200 g/mol. The van der Waals surface area contributed by atoms with Gasteiger partial charge >= 0.3 is 0 Å². The van der Waals surface area contributed by atoms with Crippen molar-refractivity contribution in [3.63, 3.8) is 0 Å². The first-order valence-electron chi connectivity index (χ1n) is 5.83. The number of carbonyl (C=O) groups is 1. The molecule has 0 aliphatic heterocycles. The molecule has 1 aromatic rings. The van der Waals surface area contributed by atoms with Gasteiger partial charge in [-0.15, -0.1) is 0 Å². The standard InChI is InChI=1S/C13H18N2O/c14-11-7-5-10(6-8-11)12(13(15)16)9-3-1-2-4-9/h5-9,12H,1-4,14H2,(H2,15,16). The van der Waals surface area contributed by atoms with Crippen LogP contribution in [0.25, 0.3) is 0 Å². The minimum absolute atomic E-state index is 0.136. The predicted molar refractivity (Wildman–Crippen MR) is 64.7 cm³/mol. The van der Waals surface area contributed by atoms with Crippen LogP contribution < -0.4 is 11.5 Å². The van der Waals surface area contributed by atoms with E-state index in [-0.39, 0.29) is 11.8 Å². The van der Waals surface area contributed by atoms with Crippen LogP contribution in [0, 0.1) is 5.92 Å². The van der Waals surface area contributed by atoms with Gasteiger partial charge in [-0.2, -0.15) is 0 Å². The van der Waals surface area contributed by atoms with Crippen molar-refractivity contribution >= 4 is 11.6 Å². The summed E-state index contributed by atoms with van der Waals surface area (Å²) in [5.41, 5.74) is 12.9. The topological polar surface area (TPSA) is 69.1 Å². The molecule has 1 fully saturated rings. The van der Waals surface area contributed by atoms with Crippen molar-refractivity contribution in [2.45, 2.75) is 31.6 Å². The summed E-state index contributed by atoms with van der Waals surface area (Å²) in [7, 11) is 0. The van der Waals surface area contributed by atoms with Gasteiger partial charge in [0.25, 0.3) is 0 Å². The van der Waals surface area contributed by atoms with Crippen molar-refractivity contribution in [2.24, 2.45) is 11.7 Å². The highest BCUT2D eigenvalue weighted by molar-refractivity contribution is 5.82. The Bertz CT molecular complexity index is 366. The molecular formula is C13H18N2O. The van der Waals surface area contributed by atoms with E-state index in [1.54, 1.807) is 0 Å². The number of carbonyl (C=O) groups excluding carboxylic acids is 1. The van der Waals surface area contributed by atoms with Crippen molar-refractivity contribution < 1.29 is 4.79 Å². The largest absolute Gasteiger partial charge is 0.399 e. The lowest BCUT2D eigenvalue weighted by atomic mass is 9.84. The summed E-state index contributed by atoms with van der Waals surface area (Å²) in [6.45, 7) is 0. The summed E-state index contributed by atoms with van der Waals surface area (Å²) in [5, 5.41) is 0. The highest BCUT2D eigenvalue weighted by Gasteiger charge is 2.30. The van der Waals surface area contributed by atoms with E-state index in [4.69, 9.17) is 11.5 Å². The molecule has 2 rings (SSSR count). The van der Waals surface area contributed by atoms with E-state index < -0.39 is 0 Å². The molecule has 1 atom stereocenters. The SMILES string of the molecule is NC(=O)C(c1ccc(N)cc1)C1CCCC1. The smallest absolute Gasteiger partial charge is 0.225 e. The molecule has 3 heteroatoms. The Balaban J connectivity index is 2.24. The Morgan fingerprint density at radius 2 is 1.75 bits per heavy atom. The normalized spacial score (nSPS) is 18.5. The number of anilines is 1. The van der Waals surface area contributed by atoms with Crippen LogP contribution in [0.15, 0.2) is 24.3 Å². The number of nitrogens with two attached hydrogens (primary N) is 2. The maximum atomic E-state index is 11.6. The first-order chi connectivity index (χ1) is 7.68. The van der Waals surface area contributed by atoms with Crippen molar-refractivity contribution in [1.82, 2.24) is 0 Å². The molecule has 4 N–H and O–H groups in total. The van der Waals surface area contributed by atoms with Gasteiger partial charge in [-0.05, 0) is 36.5 Å². The summed E-state index contributed by atoms with van der Waals surface area (Å²) in [5.74, 6) is 0.0703. The minimum atomic E-state index is -0.211. The summed E-state index contributed by atoms with van der Waals surface area (Å²) >= 11 is 0. The summed E-state index contributed by atoms with van der Waals surface area (Å²) in [6, 6.07) is 7.51. The summed E-state index contributed by atoms with van der Waals surface area (Å²) in [4.78, 5) is 11.6. The fraction of sp³-hybridized carbons (Fsp3) is 0.462. The van der Waals surface area contributed by atoms with Crippen molar-refractivity contribution in [3.8, 4) is 0 Å². The highest BCUT2D eigenvalue weighted by Crippen LogP contribution is 2.37. The second-order valence-electron chi connectivity index (χ2n) is 4.59. The van der Waals surface area contributed by atoms with Crippen LogP contribution in [-0.4, -0.2) is 5.91 Å².